The third kappa shape index (κ3) is 3.08. The molecule has 1 fully saturated rings. The predicted octanol–water partition coefficient (Wildman–Crippen LogP) is 0.868. The molecule has 0 bridgehead atoms. The van der Waals surface area contributed by atoms with Crippen molar-refractivity contribution < 1.29 is 13.2 Å². The number of pyridine rings is 1. The van der Waals surface area contributed by atoms with Crippen molar-refractivity contribution in [1.29, 1.82) is 0 Å². The Balaban J connectivity index is 1.70. The van der Waals surface area contributed by atoms with Gasteiger partial charge in [-0.15, -0.1) is 10.2 Å². The van der Waals surface area contributed by atoms with Gasteiger partial charge in [0.2, 0.25) is 5.91 Å². The maximum Gasteiger partial charge on any atom is 0.240 e. The topological polar surface area (TPSA) is 84.6 Å². The number of carbonyl (C=O) groups is 1. The standard InChI is InChI=1S/C15H20N4O3S/c1-11(23(2,21)22)15(20)18-9-6-12(7-10-18)14-17-16-13-5-3-4-8-19(13)14/h3-5,8,11-12H,6-7,9-10H2,1-2H3/t11-/m1/s1. The number of amides is 1. The monoisotopic (exact) mass is 336 g/mol. The summed E-state index contributed by atoms with van der Waals surface area (Å²) in [5, 5.41) is 7.46. The molecule has 23 heavy (non-hydrogen) atoms. The Kier molecular flexibility index (Phi) is 4.09. The molecule has 0 aliphatic carbocycles. The van der Waals surface area contributed by atoms with Crippen molar-refractivity contribution in [1.82, 2.24) is 19.5 Å². The highest BCUT2D eigenvalue weighted by Gasteiger charge is 2.32. The lowest BCUT2D eigenvalue weighted by atomic mass is 9.96. The zero-order valence-corrected chi connectivity index (χ0v) is 14.0. The highest BCUT2D eigenvalue weighted by Crippen LogP contribution is 2.27. The van der Waals surface area contributed by atoms with Gasteiger partial charge in [0.25, 0.3) is 0 Å². The lowest BCUT2D eigenvalue weighted by molar-refractivity contribution is -0.131. The molecule has 0 radical (unpaired) electrons. The van der Waals surface area contributed by atoms with Gasteiger partial charge in [-0.2, -0.15) is 0 Å². The molecule has 7 nitrogen and oxygen atoms in total. The van der Waals surface area contributed by atoms with Gasteiger partial charge in [0.1, 0.15) is 11.1 Å². The van der Waals surface area contributed by atoms with Crippen molar-refractivity contribution in [3.63, 3.8) is 0 Å². The number of rotatable bonds is 3. The fraction of sp³-hybridized carbons (Fsp3) is 0.533. The first-order chi connectivity index (χ1) is 10.9. The van der Waals surface area contributed by atoms with Gasteiger partial charge in [-0.25, -0.2) is 8.42 Å². The van der Waals surface area contributed by atoms with Crippen LogP contribution >= 0.6 is 0 Å². The number of fused-ring (bicyclic) bond motifs is 1. The second-order valence-corrected chi connectivity index (χ2v) is 8.42. The molecule has 1 aliphatic rings. The van der Waals surface area contributed by atoms with E-state index in [1.807, 2.05) is 28.8 Å². The van der Waals surface area contributed by atoms with Crippen molar-refractivity contribution in [2.24, 2.45) is 0 Å². The molecule has 0 unspecified atom stereocenters. The van der Waals surface area contributed by atoms with Crippen molar-refractivity contribution in [3.8, 4) is 0 Å². The van der Waals surface area contributed by atoms with E-state index in [2.05, 4.69) is 10.2 Å². The molecule has 2 aromatic heterocycles. The molecule has 3 rings (SSSR count). The fourth-order valence-electron chi connectivity index (χ4n) is 2.94. The number of carbonyl (C=O) groups excluding carboxylic acids is 1. The molecule has 2 aromatic rings. The van der Waals surface area contributed by atoms with Crippen LogP contribution in [0.3, 0.4) is 0 Å². The molecule has 1 amide bonds. The lowest BCUT2D eigenvalue weighted by Gasteiger charge is -2.32. The molecule has 3 heterocycles. The number of aromatic nitrogens is 3. The summed E-state index contributed by atoms with van der Waals surface area (Å²) in [4.78, 5) is 13.9. The molecule has 0 saturated carbocycles. The van der Waals surface area contributed by atoms with Gasteiger partial charge in [0, 0.05) is 31.5 Å². The van der Waals surface area contributed by atoms with Crippen LogP contribution in [0.25, 0.3) is 5.65 Å². The Hall–Kier alpha value is -1.96. The third-order valence-electron chi connectivity index (χ3n) is 4.50. The van der Waals surface area contributed by atoms with E-state index in [0.29, 0.717) is 13.1 Å². The average molecular weight is 336 g/mol. The van der Waals surface area contributed by atoms with Crippen molar-refractivity contribution in [2.75, 3.05) is 19.3 Å². The van der Waals surface area contributed by atoms with Gasteiger partial charge in [0.15, 0.2) is 15.5 Å². The highest BCUT2D eigenvalue weighted by molar-refractivity contribution is 7.92. The second-order valence-electron chi connectivity index (χ2n) is 6.06. The first-order valence-corrected chi connectivity index (χ1v) is 9.60. The zero-order chi connectivity index (χ0) is 16.6. The van der Waals surface area contributed by atoms with Gasteiger partial charge in [-0.1, -0.05) is 6.07 Å². The first kappa shape index (κ1) is 15.9. The van der Waals surface area contributed by atoms with E-state index in [0.717, 1.165) is 30.6 Å². The van der Waals surface area contributed by atoms with Crippen LogP contribution in [0.5, 0.6) is 0 Å². The Labute approximate surface area is 135 Å². The molecule has 124 valence electrons. The number of likely N-dealkylation sites (tertiary alicyclic amines) is 1. The fourth-order valence-corrected chi connectivity index (χ4v) is 3.45. The predicted molar refractivity (Wildman–Crippen MR) is 85.8 cm³/mol. The van der Waals surface area contributed by atoms with Crippen molar-refractivity contribution in [3.05, 3.63) is 30.2 Å². The lowest BCUT2D eigenvalue weighted by Crippen LogP contribution is -2.45. The van der Waals surface area contributed by atoms with Crippen LogP contribution in [0.15, 0.2) is 24.4 Å². The summed E-state index contributed by atoms with van der Waals surface area (Å²) in [6, 6.07) is 5.76. The Morgan fingerprint density at radius 1 is 1.26 bits per heavy atom. The number of nitrogens with zero attached hydrogens (tertiary/aromatic N) is 4. The molecule has 8 heteroatoms. The minimum Gasteiger partial charge on any atom is -0.342 e. The second kappa shape index (κ2) is 5.92. The van der Waals surface area contributed by atoms with E-state index in [9.17, 15) is 13.2 Å². The molecule has 1 saturated heterocycles. The van der Waals surface area contributed by atoms with Crippen LogP contribution in [0.2, 0.25) is 0 Å². The van der Waals surface area contributed by atoms with Crippen LogP contribution < -0.4 is 0 Å². The van der Waals surface area contributed by atoms with Gasteiger partial charge in [-0.3, -0.25) is 9.20 Å². The maximum atomic E-state index is 12.3. The van der Waals surface area contributed by atoms with Gasteiger partial charge in [0.05, 0.1) is 0 Å². The summed E-state index contributed by atoms with van der Waals surface area (Å²) in [7, 11) is -3.35. The Morgan fingerprint density at radius 2 is 1.96 bits per heavy atom. The van der Waals surface area contributed by atoms with E-state index >= 15 is 0 Å². The number of hydrogen-bond acceptors (Lipinski definition) is 5. The molecule has 1 atom stereocenters. The van der Waals surface area contributed by atoms with E-state index in [1.54, 1.807) is 4.90 Å². The minimum atomic E-state index is -3.35. The smallest absolute Gasteiger partial charge is 0.240 e. The third-order valence-corrected chi connectivity index (χ3v) is 5.99. The Bertz CT molecular complexity index is 822. The van der Waals surface area contributed by atoms with E-state index < -0.39 is 15.1 Å². The van der Waals surface area contributed by atoms with Gasteiger partial charge in [-0.05, 0) is 31.9 Å². The van der Waals surface area contributed by atoms with Crippen LogP contribution in [0.4, 0.5) is 0 Å². The van der Waals surface area contributed by atoms with E-state index in [4.69, 9.17) is 0 Å². The molecule has 0 aromatic carbocycles. The summed E-state index contributed by atoms with van der Waals surface area (Å²) >= 11 is 0. The summed E-state index contributed by atoms with van der Waals surface area (Å²) in [5.41, 5.74) is 0.812. The summed E-state index contributed by atoms with van der Waals surface area (Å²) in [5.74, 6) is 0.825. The molecule has 0 spiro atoms. The van der Waals surface area contributed by atoms with Crippen molar-refractivity contribution in [2.45, 2.75) is 30.9 Å². The summed E-state index contributed by atoms with van der Waals surface area (Å²) in [6.45, 7) is 2.55. The van der Waals surface area contributed by atoms with Gasteiger partial charge >= 0.3 is 0 Å². The largest absolute Gasteiger partial charge is 0.342 e. The average Bonchev–Trinajstić information content (AvgIpc) is 2.97. The van der Waals surface area contributed by atoms with Gasteiger partial charge < -0.3 is 4.90 Å². The number of hydrogen-bond donors (Lipinski definition) is 0. The maximum absolute atomic E-state index is 12.3. The Morgan fingerprint density at radius 3 is 2.61 bits per heavy atom. The molecular formula is C15H20N4O3S. The van der Waals surface area contributed by atoms with Crippen LogP contribution in [0.1, 0.15) is 31.5 Å². The number of piperidine rings is 1. The molecular weight excluding hydrogens is 316 g/mol. The first-order valence-electron chi connectivity index (χ1n) is 7.65. The summed E-state index contributed by atoms with van der Waals surface area (Å²) < 4.78 is 25.1. The van der Waals surface area contributed by atoms with Crippen LogP contribution in [-0.4, -0.2) is 58.4 Å². The quantitative estimate of drug-likeness (QED) is 0.830. The van der Waals surface area contributed by atoms with Crippen LogP contribution in [0, 0.1) is 0 Å². The SMILES string of the molecule is C[C@H](C(=O)N1CCC(c2nnc3ccccn23)CC1)S(C)(=O)=O. The molecule has 1 aliphatic heterocycles. The summed E-state index contributed by atoms with van der Waals surface area (Å²) in [6.07, 6.45) is 4.56. The van der Waals surface area contributed by atoms with E-state index in [-0.39, 0.29) is 11.8 Å². The highest BCUT2D eigenvalue weighted by atomic mass is 32.2. The zero-order valence-electron chi connectivity index (χ0n) is 13.2. The van der Waals surface area contributed by atoms with Crippen LogP contribution in [-0.2, 0) is 14.6 Å². The minimum absolute atomic E-state index is 0.227. The molecule has 0 N–H and O–H groups in total. The number of sulfone groups is 1. The normalized spacial score (nSPS) is 18.3. The van der Waals surface area contributed by atoms with Crippen molar-refractivity contribution >= 4 is 21.4 Å². The van der Waals surface area contributed by atoms with E-state index in [1.165, 1.54) is 6.92 Å².